The number of nitrogens with one attached hydrogen (secondary N) is 1. The summed E-state index contributed by atoms with van der Waals surface area (Å²) in [5.74, 6) is 0.0348. The van der Waals surface area contributed by atoms with Gasteiger partial charge in [0, 0.05) is 22.5 Å². The second-order valence-corrected chi connectivity index (χ2v) is 7.47. The molecule has 27 heavy (non-hydrogen) atoms. The largest absolute Gasteiger partial charge is 0.385 e. The van der Waals surface area contributed by atoms with Crippen LogP contribution in [-0.2, 0) is 4.79 Å². The highest BCUT2D eigenvalue weighted by molar-refractivity contribution is 8.00. The molecule has 0 aliphatic rings. The van der Waals surface area contributed by atoms with Gasteiger partial charge in [-0.3, -0.25) is 14.2 Å². The van der Waals surface area contributed by atoms with Crippen LogP contribution in [0.2, 0.25) is 5.02 Å². The van der Waals surface area contributed by atoms with Crippen molar-refractivity contribution in [2.24, 2.45) is 0 Å². The number of aromatic nitrogens is 2. The number of carbonyl (C=O) groups is 1. The summed E-state index contributed by atoms with van der Waals surface area (Å²) in [6.45, 7) is 1.74. The van der Waals surface area contributed by atoms with Gasteiger partial charge in [0.25, 0.3) is 5.56 Å². The second-order valence-electron chi connectivity index (χ2n) is 5.73. The summed E-state index contributed by atoms with van der Waals surface area (Å²) in [4.78, 5) is 28.4. The number of hydrogen-bond acceptors (Lipinski definition) is 5. The monoisotopic (exact) mass is 400 g/mol. The van der Waals surface area contributed by atoms with Gasteiger partial charge in [-0.1, -0.05) is 41.6 Å². The standard InChI is InChI=1S/C19H17ClN4O2S/c1-12(18(26)22-14-9-7-13(20)8-10-14)27-19-23-17(25)11-16(21)24(19)15-5-3-2-4-6-15/h2-12H,21H2,1H3,(H,22,26). The van der Waals surface area contributed by atoms with Crippen molar-refractivity contribution in [2.45, 2.75) is 17.3 Å². The molecule has 138 valence electrons. The summed E-state index contributed by atoms with van der Waals surface area (Å²) < 4.78 is 1.65. The zero-order valence-corrected chi connectivity index (χ0v) is 16.0. The third kappa shape index (κ3) is 4.69. The lowest BCUT2D eigenvalue weighted by Gasteiger charge is -2.17. The number of anilines is 2. The molecule has 2 aromatic carbocycles. The first-order chi connectivity index (χ1) is 12.9. The van der Waals surface area contributed by atoms with Gasteiger partial charge in [0.2, 0.25) is 5.91 Å². The summed E-state index contributed by atoms with van der Waals surface area (Å²) in [6, 6.07) is 17.4. The molecule has 0 saturated carbocycles. The van der Waals surface area contributed by atoms with Crippen molar-refractivity contribution in [2.75, 3.05) is 11.1 Å². The smallest absolute Gasteiger partial charge is 0.275 e. The molecule has 3 N–H and O–H groups in total. The zero-order valence-electron chi connectivity index (χ0n) is 14.4. The molecular weight excluding hydrogens is 384 g/mol. The number of para-hydroxylation sites is 1. The van der Waals surface area contributed by atoms with Gasteiger partial charge < -0.3 is 11.1 Å². The van der Waals surface area contributed by atoms with Crippen LogP contribution in [0.5, 0.6) is 0 Å². The highest BCUT2D eigenvalue weighted by Gasteiger charge is 2.19. The Morgan fingerprint density at radius 2 is 1.85 bits per heavy atom. The molecule has 1 atom stereocenters. The molecule has 3 rings (SSSR count). The van der Waals surface area contributed by atoms with Gasteiger partial charge in [-0.15, -0.1) is 0 Å². The Morgan fingerprint density at radius 1 is 1.19 bits per heavy atom. The minimum atomic E-state index is -0.510. The molecule has 6 nitrogen and oxygen atoms in total. The maximum absolute atomic E-state index is 12.5. The van der Waals surface area contributed by atoms with E-state index in [1.807, 2.05) is 30.3 Å². The Kier molecular flexibility index (Phi) is 5.83. The maximum Gasteiger partial charge on any atom is 0.275 e. The number of amides is 1. The lowest BCUT2D eigenvalue weighted by molar-refractivity contribution is -0.115. The van der Waals surface area contributed by atoms with Gasteiger partial charge in [0.05, 0.1) is 5.25 Å². The van der Waals surface area contributed by atoms with E-state index in [0.717, 1.165) is 17.4 Å². The number of nitrogens with zero attached hydrogens (tertiary/aromatic N) is 2. The third-order valence-electron chi connectivity index (χ3n) is 3.70. The molecule has 0 spiro atoms. The molecule has 0 aliphatic heterocycles. The van der Waals surface area contributed by atoms with Crippen LogP contribution in [0.3, 0.4) is 0 Å². The minimum Gasteiger partial charge on any atom is -0.385 e. The molecule has 1 heterocycles. The fraction of sp³-hybridized carbons (Fsp3) is 0.105. The van der Waals surface area contributed by atoms with Crippen LogP contribution < -0.4 is 16.6 Å². The average Bonchev–Trinajstić information content (AvgIpc) is 2.64. The van der Waals surface area contributed by atoms with Crippen molar-refractivity contribution < 1.29 is 4.79 Å². The fourth-order valence-corrected chi connectivity index (χ4v) is 3.45. The normalized spacial score (nSPS) is 11.8. The summed E-state index contributed by atoms with van der Waals surface area (Å²) in [5.41, 5.74) is 6.99. The van der Waals surface area contributed by atoms with Crippen LogP contribution in [0.1, 0.15) is 6.92 Å². The Balaban J connectivity index is 1.85. The van der Waals surface area contributed by atoms with E-state index in [0.29, 0.717) is 15.9 Å². The van der Waals surface area contributed by atoms with Gasteiger partial charge in [-0.25, -0.2) is 0 Å². The summed E-state index contributed by atoms with van der Waals surface area (Å²) >= 11 is 7.01. The topological polar surface area (TPSA) is 90.0 Å². The molecule has 8 heteroatoms. The maximum atomic E-state index is 12.5. The van der Waals surface area contributed by atoms with Gasteiger partial charge in [-0.05, 0) is 43.3 Å². The van der Waals surface area contributed by atoms with E-state index in [2.05, 4.69) is 10.3 Å². The summed E-state index contributed by atoms with van der Waals surface area (Å²) in [6.07, 6.45) is 0. The molecule has 0 bridgehead atoms. The van der Waals surface area contributed by atoms with Crippen LogP contribution in [-0.4, -0.2) is 20.7 Å². The highest BCUT2D eigenvalue weighted by atomic mass is 35.5. The number of nitrogen functional groups attached to an aromatic ring is 1. The SMILES string of the molecule is CC(Sc1nc(=O)cc(N)n1-c1ccccc1)C(=O)Nc1ccc(Cl)cc1. The van der Waals surface area contributed by atoms with Crippen LogP contribution in [0.15, 0.2) is 70.6 Å². The highest BCUT2D eigenvalue weighted by Crippen LogP contribution is 2.26. The fourth-order valence-electron chi connectivity index (χ4n) is 2.38. The quantitative estimate of drug-likeness (QED) is 0.504. The van der Waals surface area contributed by atoms with Gasteiger partial charge >= 0.3 is 0 Å². The summed E-state index contributed by atoms with van der Waals surface area (Å²) in [5, 5.41) is 3.24. The first-order valence-electron chi connectivity index (χ1n) is 8.12. The number of nitrogens with two attached hydrogens (primary N) is 1. The molecule has 1 amide bonds. The number of benzene rings is 2. The van der Waals surface area contributed by atoms with Crippen molar-refractivity contribution in [1.82, 2.24) is 9.55 Å². The van der Waals surface area contributed by atoms with E-state index in [1.54, 1.807) is 35.8 Å². The van der Waals surface area contributed by atoms with Gasteiger partial charge in [0.1, 0.15) is 5.82 Å². The van der Waals surface area contributed by atoms with E-state index >= 15 is 0 Å². The molecule has 0 radical (unpaired) electrons. The lowest BCUT2D eigenvalue weighted by atomic mass is 10.3. The Morgan fingerprint density at radius 3 is 2.52 bits per heavy atom. The number of rotatable bonds is 5. The molecule has 0 aliphatic carbocycles. The Bertz CT molecular complexity index is 1010. The zero-order chi connectivity index (χ0) is 19.4. The number of halogens is 1. The minimum absolute atomic E-state index is 0.224. The van der Waals surface area contributed by atoms with Crippen molar-refractivity contribution >= 4 is 40.8 Å². The predicted molar refractivity (Wildman–Crippen MR) is 110 cm³/mol. The third-order valence-corrected chi connectivity index (χ3v) is 5.01. The molecule has 1 unspecified atom stereocenters. The van der Waals surface area contributed by atoms with Crippen molar-refractivity contribution in [3.05, 3.63) is 76.0 Å². The van der Waals surface area contributed by atoms with E-state index < -0.39 is 10.8 Å². The van der Waals surface area contributed by atoms with Crippen LogP contribution in [0, 0.1) is 0 Å². The Labute approximate surface area is 165 Å². The van der Waals surface area contributed by atoms with Crippen LogP contribution in [0.4, 0.5) is 11.5 Å². The molecule has 3 aromatic rings. The number of carbonyl (C=O) groups excluding carboxylic acids is 1. The van der Waals surface area contributed by atoms with Crippen molar-refractivity contribution in [3.8, 4) is 5.69 Å². The molecular formula is C19H17ClN4O2S. The number of hydrogen-bond donors (Lipinski definition) is 2. The Hall–Kier alpha value is -2.77. The average molecular weight is 401 g/mol. The van der Waals surface area contributed by atoms with Crippen LogP contribution >= 0.6 is 23.4 Å². The van der Waals surface area contributed by atoms with E-state index in [1.165, 1.54) is 6.07 Å². The molecule has 0 saturated heterocycles. The first kappa shape index (κ1) is 19.0. The second kappa shape index (κ2) is 8.28. The first-order valence-corrected chi connectivity index (χ1v) is 9.38. The van der Waals surface area contributed by atoms with Gasteiger partial charge in [0.15, 0.2) is 5.16 Å². The van der Waals surface area contributed by atoms with Crippen LogP contribution in [0.25, 0.3) is 5.69 Å². The van der Waals surface area contributed by atoms with Crippen molar-refractivity contribution in [3.63, 3.8) is 0 Å². The number of thioether (sulfide) groups is 1. The summed E-state index contributed by atoms with van der Waals surface area (Å²) in [7, 11) is 0. The van der Waals surface area contributed by atoms with Gasteiger partial charge in [-0.2, -0.15) is 4.98 Å². The van der Waals surface area contributed by atoms with Crippen molar-refractivity contribution in [1.29, 1.82) is 0 Å². The lowest BCUT2D eigenvalue weighted by Crippen LogP contribution is -2.24. The molecule has 0 fully saturated rings. The van der Waals surface area contributed by atoms with E-state index in [9.17, 15) is 9.59 Å². The predicted octanol–water partition coefficient (Wildman–Crippen LogP) is 3.59. The molecule has 1 aromatic heterocycles. The van der Waals surface area contributed by atoms with E-state index in [-0.39, 0.29) is 11.7 Å². The van der Waals surface area contributed by atoms with E-state index in [4.69, 9.17) is 17.3 Å².